The first-order chi connectivity index (χ1) is 8.97. The number of hydrogen-bond acceptors (Lipinski definition) is 4. The van der Waals surface area contributed by atoms with Crippen LogP contribution >= 0.6 is 0 Å². The average Bonchev–Trinajstić information content (AvgIpc) is 2.38. The lowest BCUT2D eigenvalue weighted by atomic mass is 9.99. The van der Waals surface area contributed by atoms with Gasteiger partial charge in [0.1, 0.15) is 0 Å². The fourth-order valence-electron chi connectivity index (χ4n) is 2.38. The monoisotopic (exact) mass is 271 g/mol. The SMILES string of the molecule is COC1CCN(CC(=O)NC(C)C(C)C)C(CN)C1. The highest BCUT2D eigenvalue weighted by Crippen LogP contribution is 2.18. The predicted molar refractivity (Wildman–Crippen MR) is 76.9 cm³/mol. The van der Waals surface area contributed by atoms with Gasteiger partial charge in [-0.05, 0) is 25.7 Å². The lowest BCUT2D eigenvalue weighted by molar-refractivity contribution is -0.124. The third kappa shape index (κ3) is 5.09. The van der Waals surface area contributed by atoms with Crippen LogP contribution in [-0.2, 0) is 9.53 Å². The third-order valence-electron chi connectivity index (χ3n) is 4.13. The largest absolute Gasteiger partial charge is 0.381 e. The van der Waals surface area contributed by atoms with E-state index in [-0.39, 0.29) is 24.1 Å². The number of carbonyl (C=O) groups excluding carboxylic acids is 1. The Kier molecular flexibility index (Phi) is 6.75. The highest BCUT2D eigenvalue weighted by atomic mass is 16.5. The highest BCUT2D eigenvalue weighted by Gasteiger charge is 2.28. The van der Waals surface area contributed by atoms with Gasteiger partial charge >= 0.3 is 0 Å². The van der Waals surface area contributed by atoms with Crippen molar-refractivity contribution in [2.75, 3.05) is 26.7 Å². The van der Waals surface area contributed by atoms with Crippen molar-refractivity contribution in [1.29, 1.82) is 0 Å². The zero-order chi connectivity index (χ0) is 14.4. The summed E-state index contributed by atoms with van der Waals surface area (Å²) in [6.07, 6.45) is 2.17. The molecule has 0 spiro atoms. The van der Waals surface area contributed by atoms with Crippen LogP contribution in [0.4, 0.5) is 0 Å². The molecule has 1 rings (SSSR count). The van der Waals surface area contributed by atoms with E-state index in [2.05, 4.69) is 24.1 Å². The maximum atomic E-state index is 12.0. The summed E-state index contributed by atoms with van der Waals surface area (Å²) in [5.74, 6) is 0.545. The van der Waals surface area contributed by atoms with E-state index in [0.717, 1.165) is 19.4 Å². The van der Waals surface area contributed by atoms with Gasteiger partial charge in [0.05, 0.1) is 12.6 Å². The number of nitrogens with zero attached hydrogens (tertiary/aromatic N) is 1. The van der Waals surface area contributed by atoms with Crippen molar-refractivity contribution < 1.29 is 9.53 Å². The number of rotatable bonds is 6. The minimum absolute atomic E-state index is 0.0931. The Bertz CT molecular complexity index is 284. The molecule has 5 nitrogen and oxygen atoms in total. The number of methoxy groups -OCH3 is 1. The van der Waals surface area contributed by atoms with E-state index in [1.165, 1.54) is 0 Å². The standard InChI is InChI=1S/C14H29N3O2/c1-10(2)11(3)16-14(18)9-17-6-5-13(19-4)7-12(17)8-15/h10-13H,5-9,15H2,1-4H3,(H,16,18). The molecule has 1 amide bonds. The second-order valence-electron chi connectivity index (χ2n) is 5.84. The van der Waals surface area contributed by atoms with Crippen LogP contribution in [0.25, 0.3) is 0 Å². The summed E-state index contributed by atoms with van der Waals surface area (Å²) in [5.41, 5.74) is 5.81. The third-order valence-corrected chi connectivity index (χ3v) is 4.13. The molecular weight excluding hydrogens is 242 g/mol. The number of nitrogens with one attached hydrogen (secondary N) is 1. The fraction of sp³-hybridized carbons (Fsp3) is 0.929. The molecule has 5 heteroatoms. The van der Waals surface area contributed by atoms with Crippen molar-refractivity contribution in [3.05, 3.63) is 0 Å². The molecule has 3 atom stereocenters. The maximum Gasteiger partial charge on any atom is 0.234 e. The Morgan fingerprint density at radius 3 is 2.68 bits per heavy atom. The Morgan fingerprint density at radius 2 is 2.16 bits per heavy atom. The molecule has 0 radical (unpaired) electrons. The zero-order valence-corrected chi connectivity index (χ0v) is 12.7. The molecule has 0 bridgehead atoms. The fourth-order valence-corrected chi connectivity index (χ4v) is 2.38. The molecule has 0 saturated carbocycles. The van der Waals surface area contributed by atoms with Gasteiger partial charge in [0.2, 0.25) is 5.91 Å². The van der Waals surface area contributed by atoms with Crippen LogP contribution in [0.2, 0.25) is 0 Å². The Balaban J connectivity index is 2.44. The van der Waals surface area contributed by atoms with Crippen molar-refractivity contribution in [2.24, 2.45) is 11.7 Å². The molecule has 1 fully saturated rings. The first kappa shape index (κ1) is 16.4. The average molecular weight is 271 g/mol. The van der Waals surface area contributed by atoms with Crippen molar-refractivity contribution in [3.63, 3.8) is 0 Å². The molecule has 19 heavy (non-hydrogen) atoms. The number of likely N-dealkylation sites (tertiary alicyclic amines) is 1. The van der Waals surface area contributed by atoms with Crippen LogP contribution in [0.5, 0.6) is 0 Å². The van der Waals surface area contributed by atoms with Crippen LogP contribution in [0.15, 0.2) is 0 Å². The Hall–Kier alpha value is -0.650. The van der Waals surface area contributed by atoms with Crippen LogP contribution in [0.1, 0.15) is 33.6 Å². The molecular formula is C14H29N3O2. The van der Waals surface area contributed by atoms with E-state index in [4.69, 9.17) is 10.5 Å². The molecule has 1 heterocycles. The second kappa shape index (κ2) is 7.82. The summed E-state index contributed by atoms with van der Waals surface area (Å²) in [6.45, 7) is 8.15. The van der Waals surface area contributed by atoms with Crippen LogP contribution in [-0.4, -0.2) is 55.7 Å². The van der Waals surface area contributed by atoms with E-state index in [1.54, 1.807) is 7.11 Å². The van der Waals surface area contributed by atoms with Gasteiger partial charge in [-0.3, -0.25) is 9.69 Å². The lowest BCUT2D eigenvalue weighted by Crippen LogP contribution is -2.52. The summed E-state index contributed by atoms with van der Waals surface area (Å²) in [4.78, 5) is 14.2. The quantitative estimate of drug-likeness (QED) is 0.742. The Morgan fingerprint density at radius 1 is 1.47 bits per heavy atom. The van der Waals surface area contributed by atoms with E-state index in [9.17, 15) is 4.79 Å². The number of nitrogens with two attached hydrogens (primary N) is 1. The van der Waals surface area contributed by atoms with Crippen molar-refractivity contribution in [3.8, 4) is 0 Å². The maximum absolute atomic E-state index is 12.0. The topological polar surface area (TPSA) is 67.6 Å². The molecule has 1 saturated heterocycles. The van der Waals surface area contributed by atoms with Gasteiger partial charge in [-0.25, -0.2) is 0 Å². The van der Waals surface area contributed by atoms with E-state index >= 15 is 0 Å². The number of piperidine rings is 1. The number of carbonyl (C=O) groups is 1. The van der Waals surface area contributed by atoms with Gasteiger partial charge in [0.15, 0.2) is 0 Å². The summed E-state index contributed by atoms with van der Waals surface area (Å²) < 4.78 is 5.39. The normalized spacial score (nSPS) is 26.4. The molecule has 112 valence electrons. The van der Waals surface area contributed by atoms with Gasteiger partial charge in [0.25, 0.3) is 0 Å². The van der Waals surface area contributed by atoms with Crippen LogP contribution in [0, 0.1) is 5.92 Å². The van der Waals surface area contributed by atoms with Crippen molar-refractivity contribution in [1.82, 2.24) is 10.2 Å². The lowest BCUT2D eigenvalue weighted by Gasteiger charge is -2.38. The molecule has 0 aromatic heterocycles. The Labute approximate surface area is 116 Å². The van der Waals surface area contributed by atoms with Crippen LogP contribution in [0.3, 0.4) is 0 Å². The first-order valence-corrected chi connectivity index (χ1v) is 7.24. The van der Waals surface area contributed by atoms with Gasteiger partial charge < -0.3 is 15.8 Å². The van der Waals surface area contributed by atoms with Crippen molar-refractivity contribution in [2.45, 2.75) is 51.8 Å². The zero-order valence-electron chi connectivity index (χ0n) is 12.7. The summed E-state index contributed by atoms with van der Waals surface area (Å²) in [6, 6.07) is 0.458. The van der Waals surface area contributed by atoms with Gasteiger partial charge in [-0.15, -0.1) is 0 Å². The predicted octanol–water partition coefficient (Wildman–Crippen LogP) is 0.585. The van der Waals surface area contributed by atoms with E-state index in [1.807, 2.05) is 6.92 Å². The summed E-state index contributed by atoms with van der Waals surface area (Å²) in [5, 5.41) is 3.04. The van der Waals surface area contributed by atoms with Crippen LogP contribution < -0.4 is 11.1 Å². The number of amides is 1. The molecule has 0 aliphatic carbocycles. The number of ether oxygens (including phenoxy) is 1. The van der Waals surface area contributed by atoms with Gasteiger partial charge in [0, 0.05) is 32.3 Å². The molecule has 1 aliphatic heterocycles. The molecule has 0 aromatic rings. The first-order valence-electron chi connectivity index (χ1n) is 7.24. The molecule has 3 unspecified atom stereocenters. The van der Waals surface area contributed by atoms with Gasteiger partial charge in [-0.1, -0.05) is 13.8 Å². The summed E-state index contributed by atoms with van der Waals surface area (Å²) >= 11 is 0. The molecule has 0 aromatic carbocycles. The summed E-state index contributed by atoms with van der Waals surface area (Å²) in [7, 11) is 1.74. The molecule has 1 aliphatic rings. The van der Waals surface area contributed by atoms with E-state index < -0.39 is 0 Å². The van der Waals surface area contributed by atoms with E-state index in [0.29, 0.717) is 19.0 Å². The number of hydrogen-bond donors (Lipinski definition) is 2. The second-order valence-corrected chi connectivity index (χ2v) is 5.84. The highest BCUT2D eigenvalue weighted by molar-refractivity contribution is 5.78. The minimum Gasteiger partial charge on any atom is -0.381 e. The minimum atomic E-state index is 0.0931. The smallest absolute Gasteiger partial charge is 0.234 e. The van der Waals surface area contributed by atoms with Crippen molar-refractivity contribution >= 4 is 5.91 Å². The molecule has 3 N–H and O–H groups in total. The van der Waals surface area contributed by atoms with Gasteiger partial charge in [-0.2, -0.15) is 0 Å².